The monoisotopic (exact) mass is 407 g/mol. The van der Waals surface area contributed by atoms with Crippen molar-refractivity contribution >= 4 is 38.6 Å². The summed E-state index contributed by atoms with van der Waals surface area (Å²) in [6.07, 6.45) is 0.215. The van der Waals surface area contributed by atoms with E-state index in [-0.39, 0.29) is 17.2 Å². The maximum atomic E-state index is 12.1. The lowest BCUT2D eigenvalue weighted by molar-refractivity contribution is -0.120. The van der Waals surface area contributed by atoms with Crippen molar-refractivity contribution < 1.29 is 13.2 Å². The van der Waals surface area contributed by atoms with Gasteiger partial charge in [0, 0.05) is 22.9 Å². The first-order valence-corrected chi connectivity index (χ1v) is 11.0. The lowest BCUT2D eigenvalue weighted by Gasteiger charge is -2.06. The molecule has 0 aliphatic carbocycles. The van der Waals surface area contributed by atoms with Crippen molar-refractivity contribution in [3.8, 4) is 10.6 Å². The summed E-state index contributed by atoms with van der Waals surface area (Å²) in [5.41, 5.74) is 2.64. The number of thiophene rings is 1. The largest absolute Gasteiger partial charge is 0.352 e. The van der Waals surface area contributed by atoms with E-state index in [1.165, 1.54) is 30.5 Å². The van der Waals surface area contributed by atoms with Crippen LogP contribution in [0.2, 0.25) is 0 Å². The van der Waals surface area contributed by atoms with Crippen LogP contribution in [0.4, 0.5) is 0 Å². The van der Waals surface area contributed by atoms with Gasteiger partial charge >= 0.3 is 0 Å². The van der Waals surface area contributed by atoms with Crippen LogP contribution in [-0.4, -0.2) is 26.4 Å². The number of thiazole rings is 1. The van der Waals surface area contributed by atoms with E-state index in [1.807, 2.05) is 22.2 Å². The summed E-state index contributed by atoms with van der Waals surface area (Å²) in [7, 11) is -2.08. The second-order valence-electron chi connectivity index (χ2n) is 5.46. The number of rotatable bonds is 7. The summed E-state index contributed by atoms with van der Waals surface area (Å²) >= 11 is 3.14. The topological polar surface area (TPSA) is 88.2 Å². The molecule has 2 N–H and O–H groups in total. The Hall–Kier alpha value is -2.07. The SMILES string of the molecule is CNS(=O)(=O)c1ccc(CNC(=O)Cc2csc(-c3ccsc3)n2)cc1. The quantitative estimate of drug-likeness (QED) is 0.630. The zero-order valence-corrected chi connectivity index (χ0v) is 16.4. The maximum absolute atomic E-state index is 12.1. The van der Waals surface area contributed by atoms with Gasteiger partial charge in [0.25, 0.3) is 0 Å². The van der Waals surface area contributed by atoms with E-state index in [2.05, 4.69) is 15.0 Å². The first-order valence-electron chi connectivity index (χ1n) is 7.74. The van der Waals surface area contributed by atoms with Gasteiger partial charge in [-0.05, 0) is 36.2 Å². The Morgan fingerprint density at radius 3 is 2.58 bits per heavy atom. The summed E-state index contributed by atoms with van der Waals surface area (Å²) in [6.45, 7) is 0.334. The van der Waals surface area contributed by atoms with Crippen LogP contribution >= 0.6 is 22.7 Å². The Labute approximate surface area is 160 Å². The minimum Gasteiger partial charge on any atom is -0.352 e. The van der Waals surface area contributed by atoms with Crippen molar-refractivity contribution in [2.75, 3.05) is 7.05 Å². The summed E-state index contributed by atoms with van der Waals surface area (Å²) in [6, 6.07) is 8.40. The Balaban J connectivity index is 1.54. The molecule has 0 radical (unpaired) electrons. The number of carbonyl (C=O) groups is 1. The van der Waals surface area contributed by atoms with Crippen LogP contribution in [0, 0.1) is 0 Å². The molecule has 1 amide bonds. The molecule has 136 valence electrons. The highest BCUT2D eigenvalue weighted by Gasteiger charge is 2.11. The molecule has 3 aromatic rings. The molecule has 0 spiro atoms. The number of sulfonamides is 1. The van der Waals surface area contributed by atoms with E-state index in [4.69, 9.17) is 0 Å². The predicted molar refractivity (Wildman–Crippen MR) is 104 cm³/mol. The van der Waals surface area contributed by atoms with Crippen LogP contribution in [0.1, 0.15) is 11.3 Å². The standard InChI is InChI=1S/C17H17N3O3S3/c1-18-26(22,23)15-4-2-12(3-5-15)9-19-16(21)8-14-11-25-17(20-14)13-6-7-24-10-13/h2-7,10-11,18H,8-9H2,1H3,(H,19,21). The summed E-state index contributed by atoms with van der Waals surface area (Å²) in [5.74, 6) is -0.126. The minimum atomic E-state index is -3.45. The highest BCUT2D eigenvalue weighted by atomic mass is 32.2. The molecule has 0 aliphatic rings. The Bertz CT molecular complexity index is 978. The lowest BCUT2D eigenvalue weighted by atomic mass is 10.2. The number of nitrogens with zero attached hydrogens (tertiary/aromatic N) is 1. The second kappa shape index (κ2) is 8.09. The Morgan fingerprint density at radius 2 is 1.92 bits per heavy atom. The molecule has 0 saturated heterocycles. The molecular weight excluding hydrogens is 390 g/mol. The van der Waals surface area contributed by atoms with E-state index in [0.29, 0.717) is 6.54 Å². The van der Waals surface area contributed by atoms with Crippen molar-refractivity contribution in [3.63, 3.8) is 0 Å². The van der Waals surface area contributed by atoms with Crippen molar-refractivity contribution in [1.29, 1.82) is 0 Å². The fraction of sp³-hybridized carbons (Fsp3) is 0.176. The van der Waals surface area contributed by atoms with Crippen molar-refractivity contribution in [2.24, 2.45) is 0 Å². The Kier molecular flexibility index (Phi) is 5.82. The number of hydrogen-bond donors (Lipinski definition) is 2. The van der Waals surface area contributed by atoms with Gasteiger partial charge in [0.2, 0.25) is 15.9 Å². The predicted octanol–water partition coefficient (Wildman–Crippen LogP) is 2.64. The zero-order chi connectivity index (χ0) is 18.6. The number of aromatic nitrogens is 1. The van der Waals surface area contributed by atoms with E-state index in [9.17, 15) is 13.2 Å². The molecule has 0 aliphatic heterocycles. The molecule has 0 atom stereocenters. The third kappa shape index (κ3) is 4.55. The number of carbonyl (C=O) groups excluding carboxylic acids is 1. The van der Waals surface area contributed by atoms with Gasteiger partial charge in [-0.25, -0.2) is 18.1 Å². The molecule has 0 saturated carbocycles. The number of benzene rings is 1. The van der Waals surface area contributed by atoms with Gasteiger partial charge < -0.3 is 5.32 Å². The van der Waals surface area contributed by atoms with Crippen molar-refractivity contribution in [3.05, 3.63) is 57.7 Å². The van der Waals surface area contributed by atoms with Gasteiger partial charge in [0.05, 0.1) is 17.0 Å². The highest BCUT2D eigenvalue weighted by Crippen LogP contribution is 2.25. The van der Waals surface area contributed by atoms with E-state index in [0.717, 1.165) is 21.8 Å². The third-order valence-electron chi connectivity index (χ3n) is 3.65. The molecule has 9 heteroatoms. The van der Waals surface area contributed by atoms with Gasteiger partial charge in [0.1, 0.15) is 5.01 Å². The van der Waals surface area contributed by atoms with Gasteiger partial charge in [-0.3, -0.25) is 4.79 Å². The van der Waals surface area contributed by atoms with Crippen LogP contribution < -0.4 is 10.0 Å². The molecule has 0 fully saturated rings. The fourth-order valence-electron chi connectivity index (χ4n) is 2.24. The number of nitrogens with one attached hydrogen (secondary N) is 2. The van der Waals surface area contributed by atoms with Crippen LogP contribution in [-0.2, 0) is 27.8 Å². The van der Waals surface area contributed by atoms with Crippen LogP contribution in [0.3, 0.4) is 0 Å². The summed E-state index contributed by atoms with van der Waals surface area (Å²) in [4.78, 5) is 16.8. The summed E-state index contributed by atoms with van der Waals surface area (Å²) in [5, 5.41) is 9.66. The van der Waals surface area contributed by atoms with Crippen molar-refractivity contribution in [2.45, 2.75) is 17.9 Å². The zero-order valence-electron chi connectivity index (χ0n) is 13.9. The first kappa shape index (κ1) is 18.7. The van der Waals surface area contributed by atoms with Crippen LogP contribution in [0.15, 0.2) is 51.4 Å². The average Bonchev–Trinajstić information content (AvgIpc) is 3.32. The third-order valence-corrected chi connectivity index (χ3v) is 6.71. The second-order valence-corrected chi connectivity index (χ2v) is 8.99. The minimum absolute atomic E-state index is 0.126. The van der Waals surface area contributed by atoms with E-state index in [1.54, 1.807) is 23.5 Å². The molecule has 0 unspecified atom stereocenters. The first-order chi connectivity index (χ1) is 12.5. The molecule has 6 nitrogen and oxygen atoms in total. The van der Waals surface area contributed by atoms with Gasteiger partial charge in [0.15, 0.2) is 0 Å². The van der Waals surface area contributed by atoms with Crippen LogP contribution in [0.25, 0.3) is 10.6 Å². The normalized spacial score (nSPS) is 11.4. The molecule has 2 heterocycles. The maximum Gasteiger partial charge on any atom is 0.240 e. The molecule has 26 heavy (non-hydrogen) atoms. The molecule has 1 aromatic carbocycles. The van der Waals surface area contributed by atoms with Gasteiger partial charge in [-0.15, -0.1) is 11.3 Å². The van der Waals surface area contributed by atoms with Gasteiger partial charge in [-0.1, -0.05) is 12.1 Å². The molecule has 3 rings (SSSR count). The van der Waals surface area contributed by atoms with Crippen LogP contribution in [0.5, 0.6) is 0 Å². The molecule has 0 bridgehead atoms. The van der Waals surface area contributed by atoms with E-state index >= 15 is 0 Å². The smallest absolute Gasteiger partial charge is 0.240 e. The van der Waals surface area contributed by atoms with E-state index < -0.39 is 10.0 Å². The highest BCUT2D eigenvalue weighted by molar-refractivity contribution is 7.89. The summed E-state index contributed by atoms with van der Waals surface area (Å²) < 4.78 is 25.6. The molecule has 2 aromatic heterocycles. The number of amides is 1. The van der Waals surface area contributed by atoms with Crippen molar-refractivity contribution in [1.82, 2.24) is 15.0 Å². The molecular formula is C17H17N3O3S3. The van der Waals surface area contributed by atoms with Gasteiger partial charge in [-0.2, -0.15) is 11.3 Å². The average molecular weight is 408 g/mol. The fourth-order valence-corrected chi connectivity index (χ4v) is 4.50. The lowest BCUT2D eigenvalue weighted by Crippen LogP contribution is -2.24. The Morgan fingerprint density at radius 1 is 1.15 bits per heavy atom. The number of hydrogen-bond acceptors (Lipinski definition) is 6.